The van der Waals surface area contributed by atoms with E-state index in [1.54, 1.807) is 0 Å². The average molecular weight is 203 g/mol. The van der Waals surface area contributed by atoms with E-state index in [4.69, 9.17) is 12.2 Å². The van der Waals surface area contributed by atoms with Crippen molar-refractivity contribution >= 4 is 17.3 Å². The molecule has 0 aromatic rings. The molecule has 0 amide bonds. The normalized spacial score (nSPS) is 17.4. The maximum Gasteiger partial charge on any atom is 0.168 e. The number of hydrogen-bond acceptors (Lipinski definition) is 2. The van der Waals surface area contributed by atoms with Crippen LogP contribution in [-0.2, 0) is 0 Å². The van der Waals surface area contributed by atoms with Gasteiger partial charge in [0.15, 0.2) is 5.11 Å². The Morgan fingerprint density at radius 3 is 2.00 bits per heavy atom. The zero-order chi connectivity index (χ0) is 10.3. The third kappa shape index (κ3) is 4.43. The lowest BCUT2D eigenvalue weighted by molar-refractivity contribution is 0.214. The molecule has 0 unspecified atom stereocenters. The van der Waals surface area contributed by atoms with Gasteiger partial charge < -0.3 is 15.1 Å². The van der Waals surface area contributed by atoms with Crippen molar-refractivity contribution in [2.45, 2.75) is 13.8 Å². The molecule has 0 atom stereocenters. The van der Waals surface area contributed by atoms with Crippen molar-refractivity contribution in [2.75, 3.05) is 40.3 Å². The third-order valence-corrected chi connectivity index (χ3v) is 2.47. The van der Waals surface area contributed by atoms with Gasteiger partial charge in [0.05, 0.1) is 0 Å². The Labute approximate surface area is 87.1 Å². The summed E-state index contributed by atoms with van der Waals surface area (Å²) in [5.41, 5.74) is 0. The number of hydrogen-bond donors (Lipinski definition) is 1. The molecule has 78 valence electrons. The molecule has 1 rings (SSSR count). The van der Waals surface area contributed by atoms with Crippen LogP contribution in [0.25, 0.3) is 0 Å². The van der Waals surface area contributed by atoms with Gasteiger partial charge in [-0.2, -0.15) is 0 Å². The first-order valence-electron chi connectivity index (χ1n) is 4.89. The van der Waals surface area contributed by atoms with Crippen LogP contribution in [0, 0.1) is 0 Å². The molecule has 1 heterocycles. The van der Waals surface area contributed by atoms with Crippen LogP contribution in [0.3, 0.4) is 0 Å². The molecule has 0 bridgehead atoms. The van der Waals surface area contributed by atoms with Gasteiger partial charge in [0.1, 0.15) is 0 Å². The van der Waals surface area contributed by atoms with Gasteiger partial charge in [0, 0.05) is 33.2 Å². The lowest BCUT2D eigenvalue weighted by Gasteiger charge is -2.33. The van der Waals surface area contributed by atoms with Crippen LogP contribution in [0.15, 0.2) is 0 Å². The quantitative estimate of drug-likeness (QED) is 0.586. The number of rotatable bonds is 0. The first-order valence-corrected chi connectivity index (χ1v) is 5.30. The molecular weight excluding hydrogens is 182 g/mol. The Bertz CT molecular complexity index is 142. The van der Waals surface area contributed by atoms with Gasteiger partial charge in [-0.3, -0.25) is 0 Å². The van der Waals surface area contributed by atoms with E-state index >= 15 is 0 Å². The van der Waals surface area contributed by atoms with Crippen molar-refractivity contribution in [1.29, 1.82) is 0 Å². The second-order valence-electron chi connectivity index (χ2n) is 2.85. The van der Waals surface area contributed by atoms with Gasteiger partial charge in [-0.15, -0.1) is 0 Å². The van der Waals surface area contributed by atoms with Crippen molar-refractivity contribution in [2.24, 2.45) is 0 Å². The SMILES string of the molecule is CC.CNC(=S)N1CCN(C)CC1. The highest BCUT2D eigenvalue weighted by Gasteiger charge is 2.14. The summed E-state index contributed by atoms with van der Waals surface area (Å²) in [5.74, 6) is 0. The van der Waals surface area contributed by atoms with E-state index in [2.05, 4.69) is 22.2 Å². The summed E-state index contributed by atoms with van der Waals surface area (Å²) in [6.45, 7) is 8.33. The number of thiocarbonyl (C=S) groups is 1. The average Bonchev–Trinajstić information content (AvgIpc) is 2.21. The maximum atomic E-state index is 5.11. The molecule has 0 spiro atoms. The maximum absolute atomic E-state index is 5.11. The summed E-state index contributed by atoms with van der Waals surface area (Å²) in [6.07, 6.45) is 0. The van der Waals surface area contributed by atoms with Crippen LogP contribution < -0.4 is 5.32 Å². The fraction of sp³-hybridized carbons (Fsp3) is 0.889. The van der Waals surface area contributed by atoms with Crippen molar-refractivity contribution in [3.05, 3.63) is 0 Å². The molecule has 0 saturated carbocycles. The van der Waals surface area contributed by atoms with E-state index < -0.39 is 0 Å². The Hall–Kier alpha value is -0.350. The molecule has 0 aromatic carbocycles. The fourth-order valence-corrected chi connectivity index (χ4v) is 1.35. The van der Waals surface area contributed by atoms with Gasteiger partial charge in [0.25, 0.3) is 0 Å². The van der Waals surface area contributed by atoms with Crippen LogP contribution in [-0.4, -0.2) is 55.2 Å². The van der Waals surface area contributed by atoms with Gasteiger partial charge >= 0.3 is 0 Å². The Balaban J connectivity index is 0.000000671. The summed E-state index contributed by atoms with van der Waals surface area (Å²) >= 11 is 5.11. The van der Waals surface area contributed by atoms with E-state index in [1.165, 1.54) is 0 Å². The van der Waals surface area contributed by atoms with Crippen LogP contribution in [0.1, 0.15) is 13.8 Å². The lowest BCUT2D eigenvalue weighted by Crippen LogP contribution is -2.49. The monoisotopic (exact) mass is 203 g/mol. The Morgan fingerprint density at radius 1 is 1.15 bits per heavy atom. The molecule has 3 nitrogen and oxygen atoms in total. The molecule has 4 heteroatoms. The molecule has 1 saturated heterocycles. The lowest BCUT2D eigenvalue weighted by atomic mass is 10.3. The van der Waals surface area contributed by atoms with Gasteiger partial charge in [-0.1, -0.05) is 13.8 Å². The number of nitrogens with zero attached hydrogens (tertiary/aromatic N) is 2. The molecule has 13 heavy (non-hydrogen) atoms. The molecule has 1 fully saturated rings. The van der Waals surface area contributed by atoms with Crippen molar-refractivity contribution in [1.82, 2.24) is 15.1 Å². The predicted molar refractivity (Wildman–Crippen MR) is 62.1 cm³/mol. The highest BCUT2D eigenvalue weighted by molar-refractivity contribution is 7.80. The van der Waals surface area contributed by atoms with Gasteiger partial charge in [0.2, 0.25) is 0 Å². The van der Waals surface area contributed by atoms with Gasteiger partial charge in [-0.05, 0) is 19.3 Å². The predicted octanol–water partition coefficient (Wildman–Crippen LogP) is 0.764. The van der Waals surface area contributed by atoms with Crippen LogP contribution in [0.5, 0.6) is 0 Å². The van der Waals surface area contributed by atoms with E-state index in [0.29, 0.717) is 0 Å². The zero-order valence-corrected chi connectivity index (χ0v) is 9.95. The third-order valence-electron chi connectivity index (χ3n) is 2.00. The summed E-state index contributed by atoms with van der Waals surface area (Å²) in [6, 6.07) is 0. The topological polar surface area (TPSA) is 18.5 Å². The summed E-state index contributed by atoms with van der Waals surface area (Å²) in [7, 11) is 4.01. The second kappa shape index (κ2) is 7.09. The van der Waals surface area contributed by atoms with E-state index in [-0.39, 0.29) is 0 Å². The zero-order valence-electron chi connectivity index (χ0n) is 9.13. The first-order chi connectivity index (χ1) is 6.24. The van der Waals surface area contributed by atoms with Crippen LogP contribution >= 0.6 is 12.2 Å². The molecule has 1 N–H and O–H groups in total. The number of piperazine rings is 1. The molecular formula is C9H21N3S. The minimum absolute atomic E-state index is 0.873. The van der Waals surface area contributed by atoms with E-state index in [0.717, 1.165) is 31.3 Å². The second-order valence-corrected chi connectivity index (χ2v) is 3.23. The summed E-state index contributed by atoms with van der Waals surface area (Å²) in [4.78, 5) is 4.52. The number of nitrogens with one attached hydrogen (secondary N) is 1. The smallest absolute Gasteiger partial charge is 0.168 e. The highest BCUT2D eigenvalue weighted by Crippen LogP contribution is 1.98. The molecule has 0 radical (unpaired) electrons. The summed E-state index contributed by atoms with van der Waals surface area (Å²) in [5, 5.41) is 3.86. The van der Waals surface area contributed by atoms with E-state index in [9.17, 15) is 0 Å². The van der Waals surface area contributed by atoms with Gasteiger partial charge in [-0.25, -0.2) is 0 Å². The molecule has 0 aliphatic carbocycles. The molecule has 1 aliphatic rings. The Morgan fingerprint density at radius 2 is 1.62 bits per heavy atom. The summed E-state index contributed by atoms with van der Waals surface area (Å²) < 4.78 is 0. The standard InChI is InChI=1S/C7H15N3S.C2H6/c1-8-7(11)10-5-3-9(2)4-6-10;1-2/h3-6H2,1-2H3,(H,8,11);1-2H3. The minimum atomic E-state index is 0.873. The van der Waals surface area contributed by atoms with E-state index in [1.807, 2.05) is 20.9 Å². The van der Waals surface area contributed by atoms with Crippen molar-refractivity contribution < 1.29 is 0 Å². The van der Waals surface area contributed by atoms with Crippen LogP contribution in [0.4, 0.5) is 0 Å². The largest absolute Gasteiger partial charge is 0.366 e. The van der Waals surface area contributed by atoms with Crippen molar-refractivity contribution in [3.63, 3.8) is 0 Å². The molecule has 1 aliphatic heterocycles. The van der Waals surface area contributed by atoms with Crippen LogP contribution in [0.2, 0.25) is 0 Å². The fourth-order valence-electron chi connectivity index (χ4n) is 1.17. The number of likely N-dealkylation sites (N-methyl/N-ethyl adjacent to an activating group) is 1. The van der Waals surface area contributed by atoms with Crippen molar-refractivity contribution in [3.8, 4) is 0 Å². The minimum Gasteiger partial charge on any atom is -0.366 e. The highest BCUT2D eigenvalue weighted by atomic mass is 32.1. The first kappa shape index (κ1) is 12.7. The Kier molecular flexibility index (Phi) is 6.90. The molecule has 0 aromatic heterocycles.